The largest absolute Gasteiger partial charge is 0.569 e. The third-order valence-electron chi connectivity index (χ3n) is 8.33. The summed E-state index contributed by atoms with van der Waals surface area (Å²) in [5.41, 5.74) is 22.4. The van der Waals surface area contributed by atoms with Crippen LogP contribution < -0.4 is 21.9 Å². The Labute approximate surface area is 365 Å². The Hall–Kier alpha value is -6.64. The van der Waals surface area contributed by atoms with Crippen molar-refractivity contribution >= 4 is 91.5 Å². The fraction of sp³-hybridized carbons (Fsp3) is 0.122. The van der Waals surface area contributed by atoms with E-state index in [9.17, 15) is 18.4 Å². The fourth-order valence-electron chi connectivity index (χ4n) is 5.64. The Bertz CT molecular complexity index is 2860. The highest BCUT2D eigenvalue weighted by molar-refractivity contribution is 9.10. The van der Waals surface area contributed by atoms with Gasteiger partial charge in [-0.15, -0.1) is 0 Å². The van der Waals surface area contributed by atoms with Crippen molar-refractivity contribution in [3.63, 3.8) is 0 Å². The summed E-state index contributed by atoms with van der Waals surface area (Å²) in [5.74, 6) is -0.336. The zero-order chi connectivity index (χ0) is 45.1. The van der Waals surface area contributed by atoms with Crippen LogP contribution >= 0.6 is 31.9 Å². The molecule has 2 aromatic carbocycles. The topological polar surface area (TPSA) is 231 Å². The smallest absolute Gasteiger partial charge is 0.537 e. The number of carbonyl (C=O) groups is 3. The number of aliphatic carboxylic acids is 1. The molecule has 1 radical (unpaired) electrons. The summed E-state index contributed by atoms with van der Waals surface area (Å²) in [6.45, 7) is 7.30. The van der Waals surface area contributed by atoms with Crippen LogP contribution in [0.1, 0.15) is 52.9 Å². The average molecular weight is 962 g/mol. The molecule has 0 fully saturated rings. The van der Waals surface area contributed by atoms with Crippen molar-refractivity contribution in [2.45, 2.75) is 34.6 Å². The second-order valence-electron chi connectivity index (χ2n) is 12.8. The number of Topliss-reactive ketones (excluding diaryl/α,β-unsaturated/α-hetero) is 2. The van der Waals surface area contributed by atoms with Crippen LogP contribution in [0.15, 0.2) is 107 Å². The summed E-state index contributed by atoms with van der Waals surface area (Å²) in [6, 6.07) is 20.4. The van der Waals surface area contributed by atoms with Gasteiger partial charge in [0.15, 0.2) is 23.2 Å². The van der Waals surface area contributed by atoms with E-state index in [2.05, 4.69) is 51.5 Å². The number of rotatable bonds is 5. The van der Waals surface area contributed by atoms with Crippen LogP contribution in [0.5, 0.6) is 5.75 Å². The molecule has 8 N–H and O–H groups in total. The van der Waals surface area contributed by atoms with Crippen molar-refractivity contribution in [1.29, 1.82) is 0 Å². The molecule has 0 unspecified atom stereocenters. The highest BCUT2D eigenvalue weighted by atomic mass is 79.9. The van der Waals surface area contributed by atoms with E-state index in [-0.39, 0.29) is 34.8 Å². The summed E-state index contributed by atoms with van der Waals surface area (Å²) < 4.78 is 38.1. The van der Waals surface area contributed by atoms with Crippen molar-refractivity contribution in [2.75, 3.05) is 17.2 Å². The van der Waals surface area contributed by atoms with E-state index in [0.29, 0.717) is 53.1 Å². The molecular formula is C41H39BBr2F2N9O6. The number of fused-ring (bicyclic) bond motifs is 3. The average Bonchev–Trinajstić information content (AvgIpc) is 3.84. The molecule has 0 aliphatic carbocycles. The lowest BCUT2D eigenvalue weighted by Crippen LogP contribution is -2.02. The van der Waals surface area contributed by atoms with Crippen LogP contribution in [-0.4, -0.2) is 63.5 Å². The van der Waals surface area contributed by atoms with E-state index in [0.717, 1.165) is 32.6 Å². The Morgan fingerprint density at radius 2 is 1.16 bits per heavy atom. The van der Waals surface area contributed by atoms with Crippen molar-refractivity contribution in [1.82, 2.24) is 28.2 Å². The van der Waals surface area contributed by atoms with Gasteiger partial charge in [-0.25, -0.2) is 23.7 Å². The van der Waals surface area contributed by atoms with Crippen LogP contribution in [0, 0.1) is 25.5 Å². The number of benzene rings is 2. The summed E-state index contributed by atoms with van der Waals surface area (Å²) in [4.78, 5) is 44.3. The normalized spacial score (nSPS) is 10.3. The first kappa shape index (κ1) is 47.0. The van der Waals surface area contributed by atoms with Gasteiger partial charge in [-0.05, 0) is 117 Å². The molecule has 8 rings (SSSR count). The molecule has 8 aromatic rings. The molecule has 0 saturated carbocycles. The number of hydrogen-bond donors (Lipinski definition) is 5. The Morgan fingerprint density at radius 1 is 0.672 bits per heavy atom. The number of nitrogens with zero attached hydrogens (tertiary/aromatic N) is 6. The van der Waals surface area contributed by atoms with E-state index >= 15 is 0 Å². The van der Waals surface area contributed by atoms with E-state index in [4.69, 9.17) is 32.1 Å². The number of halogens is 4. The fourth-order valence-corrected chi connectivity index (χ4v) is 6.33. The van der Waals surface area contributed by atoms with Crippen molar-refractivity contribution in [3.8, 4) is 16.9 Å². The third-order valence-corrected chi connectivity index (χ3v) is 9.27. The summed E-state index contributed by atoms with van der Waals surface area (Å²) in [7, 11) is 0.530. The molecule has 20 heteroatoms. The number of ketones is 2. The van der Waals surface area contributed by atoms with Gasteiger partial charge in [0.05, 0.1) is 6.20 Å². The molecule has 6 heterocycles. The van der Waals surface area contributed by atoms with Gasteiger partial charge in [0, 0.05) is 53.9 Å². The van der Waals surface area contributed by atoms with Crippen LogP contribution in [0.4, 0.5) is 26.2 Å². The van der Waals surface area contributed by atoms with Gasteiger partial charge in [-0.3, -0.25) is 23.2 Å². The predicted octanol–water partition coefficient (Wildman–Crippen LogP) is 7.92. The molecule has 0 atom stereocenters. The maximum absolute atomic E-state index is 13.7. The number of carboxylic acid groups (broad SMARTS) is 1. The first-order valence-electron chi connectivity index (χ1n) is 17.8. The predicted molar refractivity (Wildman–Crippen MR) is 237 cm³/mol. The summed E-state index contributed by atoms with van der Waals surface area (Å²) in [5, 5.41) is 15.7. The number of aromatic nitrogens is 6. The molecule has 61 heavy (non-hydrogen) atoms. The SMILES string of the molecule is CC(=O)O.CC(=O)c1c(N)nc2ccc(-c3cccc(F)c3C)cn12.CC(=O)c1c(N)nc2ccc(Br)cn12.Cc1c(F)cccc1O[B]O.Nc1cn2cc(Br)ccc2n1. The number of nitrogens with two attached hydrogens (primary N) is 3. The van der Waals surface area contributed by atoms with Crippen molar-refractivity contribution in [2.24, 2.45) is 0 Å². The Balaban J connectivity index is 0.000000180. The van der Waals surface area contributed by atoms with Gasteiger partial charge in [0.25, 0.3) is 5.97 Å². The van der Waals surface area contributed by atoms with Gasteiger partial charge in [0.2, 0.25) is 0 Å². The molecule has 0 saturated heterocycles. The second kappa shape index (κ2) is 21.1. The van der Waals surface area contributed by atoms with E-state index in [1.54, 1.807) is 65.5 Å². The van der Waals surface area contributed by atoms with E-state index in [1.165, 1.54) is 32.0 Å². The first-order valence-corrected chi connectivity index (χ1v) is 19.4. The number of hydrogen-bond acceptors (Lipinski definition) is 11. The van der Waals surface area contributed by atoms with Gasteiger partial charge in [0.1, 0.15) is 51.5 Å². The molecular weight excluding hydrogens is 923 g/mol. The van der Waals surface area contributed by atoms with Crippen LogP contribution in [0.3, 0.4) is 0 Å². The minimum Gasteiger partial charge on any atom is -0.537 e. The lowest BCUT2D eigenvalue weighted by Gasteiger charge is -2.08. The van der Waals surface area contributed by atoms with Gasteiger partial charge >= 0.3 is 7.69 Å². The minimum absolute atomic E-state index is 0.0897. The number of imidazole rings is 3. The molecule has 315 valence electrons. The maximum atomic E-state index is 13.7. The number of nitrogen functional groups attached to an aromatic ring is 3. The summed E-state index contributed by atoms with van der Waals surface area (Å²) in [6.07, 6.45) is 7.23. The zero-order valence-electron chi connectivity index (χ0n) is 33.3. The lowest BCUT2D eigenvalue weighted by atomic mass is 10.0. The summed E-state index contributed by atoms with van der Waals surface area (Å²) >= 11 is 6.68. The molecule has 6 aromatic heterocycles. The Morgan fingerprint density at radius 3 is 1.72 bits per heavy atom. The van der Waals surface area contributed by atoms with Crippen LogP contribution in [-0.2, 0) is 4.79 Å². The number of carbonyl (C=O) groups excluding carboxylic acids is 2. The molecule has 0 aliphatic rings. The van der Waals surface area contributed by atoms with E-state index < -0.39 is 5.97 Å². The van der Waals surface area contributed by atoms with Crippen LogP contribution in [0.2, 0.25) is 0 Å². The molecule has 0 bridgehead atoms. The zero-order valence-corrected chi connectivity index (χ0v) is 36.4. The molecule has 0 spiro atoms. The highest BCUT2D eigenvalue weighted by Gasteiger charge is 2.16. The van der Waals surface area contributed by atoms with E-state index in [1.807, 2.05) is 40.9 Å². The van der Waals surface area contributed by atoms with Gasteiger partial charge in [-0.2, -0.15) is 0 Å². The molecule has 0 amide bonds. The monoisotopic (exact) mass is 960 g/mol. The highest BCUT2D eigenvalue weighted by Crippen LogP contribution is 2.27. The first-order chi connectivity index (χ1) is 28.8. The van der Waals surface area contributed by atoms with Gasteiger partial charge in [-0.1, -0.05) is 18.2 Å². The maximum Gasteiger partial charge on any atom is 0.569 e. The third kappa shape index (κ3) is 12.2. The van der Waals surface area contributed by atoms with Crippen molar-refractivity contribution < 1.29 is 37.9 Å². The number of anilines is 3. The molecule has 0 aliphatic heterocycles. The molecule has 15 nitrogen and oxygen atoms in total. The minimum atomic E-state index is -0.833. The Kier molecular flexibility index (Phi) is 16.2. The van der Waals surface area contributed by atoms with Crippen molar-refractivity contribution in [3.05, 3.63) is 141 Å². The van der Waals surface area contributed by atoms with Crippen LogP contribution in [0.25, 0.3) is 28.1 Å². The standard InChI is InChI=1S/C16H14FN3O.C9H8BrN3O.C7H7BFO2.C7H6BrN3.C2H4O2/c1-9-12(4-3-5-13(9)17)11-6-7-14-19-16(18)15(10(2)21)20(14)8-11;1-5(14)8-9(11)12-7-3-2-6(10)4-13(7)8;1-5-6(9)3-2-4-7(5)11-8-10;8-5-1-2-7-10-6(9)4-11(7)3-5;1-2(3)4/h3-8H,18H2,1-2H3;2-4H,11H2,1H3;2-4,10H,1H3;1-4H,9H2;1H3,(H,3,4). The second-order valence-corrected chi connectivity index (χ2v) is 14.7. The number of pyridine rings is 3. The quantitative estimate of drug-likeness (QED) is 0.0818. The number of carboxylic acids is 1. The lowest BCUT2D eigenvalue weighted by molar-refractivity contribution is -0.134. The van der Waals surface area contributed by atoms with Gasteiger partial charge < -0.3 is 36.4 Å².